The summed E-state index contributed by atoms with van der Waals surface area (Å²) in [5.74, 6) is 2.43. The molecule has 0 bridgehead atoms. The SMILES string of the molecule is CC1=C2C(=CC(C)C1)OC(CC1SC(C)(C3=CC=CCC3)CC1C)=NC(C)C2(C)C(O)O. The summed E-state index contributed by atoms with van der Waals surface area (Å²) < 4.78 is 6.66. The fourth-order valence-electron chi connectivity index (χ4n) is 6.07. The van der Waals surface area contributed by atoms with Gasteiger partial charge in [0, 0.05) is 22.0 Å². The third-order valence-corrected chi connectivity index (χ3v) is 9.96. The molecule has 0 saturated carbocycles. The molecule has 0 spiro atoms. The lowest BCUT2D eigenvalue weighted by Gasteiger charge is -2.39. The van der Waals surface area contributed by atoms with E-state index >= 15 is 0 Å². The van der Waals surface area contributed by atoms with Crippen LogP contribution in [0.4, 0.5) is 0 Å². The molecule has 176 valence electrons. The minimum absolute atomic E-state index is 0.168. The van der Waals surface area contributed by atoms with E-state index in [4.69, 9.17) is 9.73 Å². The number of rotatable bonds is 4. The Morgan fingerprint density at radius 3 is 2.66 bits per heavy atom. The molecule has 4 aliphatic rings. The monoisotopic (exact) mass is 457 g/mol. The Labute approximate surface area is 197 Å². The van der Waals surface area contributed by atoms with E-state index in [1.54, 1.807) is 5.57 Å². The molecular formula is C27H39NO3S. The Morgan fingerprint density at radius 2 is 2.00 bits per heavy atom. The summed E-state index contributed by atoms with van der Waals surface area (Å²) in [6.07, 6.45) is 12.5. The van der Waals surface area contributed by atoms with E-state index in [9.17, 15) is 10.2 Å². The average molecular weight is 458 g/mol. The number of nitrogens with zero attached hydrogens (tertiary/aromatic N) is 1. The summed E-state index contributed by atoms with van der Waals surface area (Å²) in [6.45, 7) is 12.9. The number of aliphatic hydroxyl groups is 2. The van der Waals surface area contributed by atoms with Crippen molar-refractivity contribution in [1.29, 1.82) is 0 Å². The van der Waals surface area contributed by atoms with Crippen LogP contribution in [0.25, 0.3) is 0 Å². The summed E-state index contributed by atoms with van der Waals surface area (Å²) in [5, 5.41) is 21.3. The lowest BCUT2D eigenvalue weighted by molar-refractivity contribution is -0.119. The molecule has 2 heterocycles. The van der Waals surface area contributed by atoms with E-state index < -0.39 is 11.7 Å². The molecule has 5 heteroatoms. The van der Waals surface area contributed by atoms with Crippen molar-refractivity contribution in [2.24, 2.45) is 22.2 Å². The molecular weight excluding hydrogens is 418 g/mol. The Balaban J connectivity index is 1.62. The zero-order valence-corrected chi connectivity index (χ0v) is 21.2. The molecule has 2 aliphatic heterocycles. The first-order chi connectivity index (χ1) is 15.0. The largest absolute Gasteiger partial charge is 0.443 e. The van der Waals surface area contributed by atoms with Gasteiger partial charge in [0.25, 0.3) is 0 Å². The van der Waals surface area contributed by atoms with Crippen LogP contribution in [0.3, 0.4) is 0 Å². The van der Waals surface area contributed by atoms with Crippen molar-refractivity contribution in [3.63, 3.8) is 0 Å². The van der Waals surface area contributed by atoms with Crippen LogP contribution in [0, 0.1) is 17.3 Å². The van der Waals surface area contributed by atoms with E-state index in [1.165, 1.54) is 12.0 Å². The highest BCUT2D eigenvalue weighted by molar-refractivity contribution is 8.01. The van der Waals surface area contributed by atoms with E-state index in [0.29, 0.717) is 17.1 Å². The van der Waals surface area contributed by atoms with Crippen molar-refractivity contribution in [1.82, 2.24) is 0 Å². The standard InChI is InChI=1S/C27H39NO3S/c1-16-12-17(2)24-21(13-16)31-23(28-19(4)27(24,6)25(29)30)14-22-18(3)15-26(5,32-22)20-10-8-7-9-11-20/h7-8,10,13,16,18-19,22,25,29-30H,9,11-12,14-15H2,1-6H3. The van der Waals surface area contributed by atoms with Crippen molar-refractivity contribution in [2.75, 3.05) is 0 Å². The normalized spacial score (nSPS) is 39.8. The van der Waals surface area contributed by atoms with Gasteiger partial charge in [0.1, 0.15) is 5.76 Å². The second-order valence-corrected chi connectivity index (χ2v) is 12.5. The van der Waals surface area contributed by atoms with Gasteiger partial charge in [0.2, 0.25) is 0 Å². The molecule has 32 heavy (non-hydrogen) atoms. The van der Waals surface area contributed by atoms with Gasteiger partial charge >= 0.3 is 0 Å². The molecule has 0 aromatic rings. The Morgan fingerprint density at radius 1 is 1.25 bits per heavy atom. The van der Waals surface area contributed by atoms with Gasteiger partial charge in [-0.15, -0.1) is 11.8 Å². The Kier molecular flexibility index (Phi) is 6.56. The van der Waals surface area contributed by atoms with Crippen LogP contribution < -0.4 is 0 Å². The van der Waals surface area contributed by atoms with Gasteiger partial charge in [-0.1, -0.05) is 43.2 Å². The minimum Gasteiger partial charge on any atom is -0.443 e. The van der Waals surface area contributed by atoms with E-state index in [1.807, 2.05) is 13.8 Å². The number of ether oxygens (including phenoxy) is 1. The maximum Gasteiger partial charge on any atom is 0.191 e. The molecule has 4 rings (SSSR count). The quantitative estimate of drug-likeness (QED) is 0.514. The summed E-state index contributed by atoms with van der Waals surface area (Å²) in [4.78, 5) is 4.95. The molecule has 2 N–H and O–H groups in total. The van der Waals surface area contributed by atoms with Gasteiger partial charge in [-0.2, -0.15) is 0 Å². The maximum absolute atomic E-state index is 10.4. The highest BCUT2D eigenvalue weighted by Gasteiger charge is 2.49. The molecule has 1 fully saturated rings. The van der Waals surface area contributed by atoms with Gasteiger partial charge in [-0.25, -0.2) is 0 Å². The summed E-state index contributed by atoms with van der Waals surface area (Å²) in [5.41, 5.74) is 2.76. The van der Waals surface area contributed by atoms with Gasteiger partial charge in [-0.05, 0) is 71.3 Å². The van der Waals surface area contributed by atoms with Crippen molar-refractivity contribution >= 4 is 17.7 Å². The second kappa shape index (κ2) is 8.81. The van der Waals surface area contributed by atoms with Gasteiger partial charge in [-0.3, -0.25) is 4.99 Å². The van der Waals surface area contributed by atoms with Crippen LogP contribution in [0.1, 0.15) is 73.6 Å². The van der Waals surface area contributed by atoms with Gasteiger partial charge < -0.3 is 14.9 Å². The summed E-state index contributed by atoms with van der Waals surface area (Å²) in [6, 6.07) is -0.291. The first kappa shape index (κ1) is 23.8. The van der Waals surface area contributed by atoms with Gasteiger partial charge in [0.15, 0.2) is 12.2 Å². The number of hydrogen-bond donors (Lipinski definition) is 2. The van der Waals surface area contributed by atoms with E-state index in [2.05, 4.69) is 63.8 Å². The highest BCUT2D eigenvalue weighted by atomic mass is 32.2. The van der Waals surface area contributed by atoms with Crippen molar-refractivity contribution < 1.29 is 14.9 Å². The number of thioether (sulfide) groups is 1. The number of aliphatic imine (C=N–C) groups is 1. The van der Waals surface area contributed by atoms with Crippen LogP contribution in [0.2, 0.25) is 0 Å². The molecule has 0 aromatic carbocycles. The molecule has 0 radical (unpaired) electrons. The van der Waals surface area contributed by atoms with Crippen molar-refractivity contribution in [2.45, 2.75) is 96.0 Å². The highest BCUT2D eigenvalue weighted by Crippen LogP contribution is 2.54. The second-order valence-electron chi connectivity index (χ2n) is 10.8. The van der Waals surface area contributed by atoms with Crippen LogP contribution >= 0.6 is 11.8 Å². The lowest BCUT2D eigenvalue weighted by atomic mass is 9.70. The topological polar surface area (TPSA) is 62.0 Å². The van der Waals surface area contributed by atoms with Crippen LogP contribution in [-0.2, 0) is 4.74 Å². The third kappa shape index (κ3) is 4.17. The predicted molar refractivity (Wildman–Crippen MR) is 134 cm³/mol. The minimum atomic E-state index is -1.50. The lowest BCUT2D eigenvalue weighted by Crippen LogP contribution is -2.43. The third-order valence-electron chi connectivity index (χ3n) is 8.07. The summed E-state index contributed by atoms with van der Waals surface area (Å²) in [7, 11) is 0. The van der Waals surface area contributed by atoms with E-state index in [0.717, 1.165) is 42.9 Å². The summed E-state index contributed by atoms with van der Waals surface area (Å²) >= 11 is 2.07. The Hall–Kier alpha value is -1.30. The van der Waals surface area contributed by atoms with E-state index in [-0.39, 0.29) is 10.8 Å². The first-order valence-electron chi connectivity index (χ1n) is 12.1. The zero-order chi connectivity index (χ0) is 23.3. The molecule has 1 saturated heterocycles. The van der Waals surface area contributed by atoms with Crippen LogP contribution in [0.15, 0.2) is 51.8 Å². The maximum atomic E-state index is 10.4. The van der Waals surface area contributed by atoms with Gasteiger partial charge in [0.05, 0.1) is 11.5 Å². The number of allylic oxidation sites excluding steroid dienone is 6. The first-order valence-corrected chi connectivity index (χ1v) is 13.0. The van der Waals surface area contributed by atoms with Crippen LogP contribution in [-0.4, -0.2) is 38.4 Å². The molecule has 0 aromatic heterocycles. The Bertz CT molecular complexity index is 914. The number of aliphatic hydroxyl groups excluding tert-OH is 1. The smallest absolute Gasteiger partial charge is 0.191 e. The predicted octanol–water partition coefficient (Wildman–Crippen LogP) is 5.93. The number of fused-ring (bicyclic) bond motifs is 1. The fourth-order valence-corrected chi connectivity index (χ4v) is 7.97. The van der Waals surface area contributed by atoms with Crippen LogP contribution in [0.5, 0.6) is 0 Å². The fraction of sp³-hybridized carbons (Fsp3) is 0.667. The molecule has 6 atom stereocenters. The van der Waals surface area contributed by atoms with Crippen molar-refractivity contribution in [3.8, 4) is 0 Å². The van der Waals surface area contributed by atoms with Crippen molar-refractivity contribution in [3.05, 3.63) is 46.8 Å². The molecule has 2 aliphatic carbocycles. The zero-order valence-electron chi connectivity index (χ0n) is 20.4. The molecule has 0 amide bonds. The molecule has 4 nitrogen and oxygen atoms in total. The average Bonchev–Trinajstić information content (AvgIpc) is 2.95. The molecule has 6 unspecified atom stereocenters. The number of hydrogen-bond acceptors (Lipinski definition) is 5.